The average molecular weight is 210 g/mol. The highest BCUT2D eigenvalue weighted by Crippen LogP contribution is 1.96. The second-order valence-corrected chi connectivity index (χ2v) is 4.71. The Kier molecular flexibility index (Phi) is 3.85. The van der Waals surface area contributed by atoms with Crippen molar-refractivity contribution in [1.82, 2.24) is 0 Å². The van der Waals surface area contributed by atoms with Crippen molar-refractivity contribution in [3.63, 3.8) is 0 Å². The van der Waals surface area contributed by atoms with Crippen LogP contribution in [0.25, 0.3) is 0 Å². The minimum atomic E-state index is -0.911. The molecular weight excluding hydrogens is 196 g/mol. The van der Waals surface area contributed by atoms with Crippen molar-refractivity contribution in [2.75, 3.05) is 0 Å². The van der Waals surface area contributed by atoms with E-state index in [9.17, 15) is 4.79 Å². The van der Waals surface area contributed by atoms with Gasteiger partial charge in [0.1, 0.15) is 0 Å². The molecule has 0 fully saturated rings. The number of rotatable bonds is 4. The van der Waals surface area contributed by atoms with Gasteiger partial charge in [0, 0.05) is 6.10 Å². The summed E-state index contributed by atoms with van der Waals surface area (Å²) in [5.74, 6) is -0.875. The van der Waals surface area contributed by atoms with Crippen LogP contribution in [0.15, 0.2) is 24.3 Å². The van der Waals surface area contributed by atoms with E-state index in [2.05, 4.69) is 0 Å². The van der Waals surface area contributed by atoms with Crippen LogP contribution in [0, 0.1) is 0 Å². The Labute approximate surface area is 85.7 Å². The van der Waals surface area contributed by atoms with Gasteiger partial charge in [-0.1, -0.05) is 18.2 Å². The summed E-state index contributed by atoms with van der Waals surface area (Å²) < 4.78 is 5.49. The van der Waals surface area contributed by atoms with Gasteiger partial charge in [0.05, 0.1) is 5.56 Å². The molecule has 1 aromatic carbocycles. The Morgan fingerprint density at radius 3 is 2.64 bits per heavy atom. The van der Waals surface area contributed by atoms with Gasteiger partial charge in [0.15, 0.2) is 9.76 Å². The molecule has 0 aromatic heterocycles. The van der Waals surface area contributed by atoms with Gasteiger partial charge in [-0.2, -0.15) is 0 Å². The Morgan fingerprint density at radius 2 is 2.07 bits per heavy atom. The second-order valence-electron chi connectivity index (χ2n) is 3.32. The van der Waals surface area contributed by atoms with Gasteiger partial charge >= 0.3 is 5.97 Å². The lowest BCUT2D eigenvalue weighted by Gasteiger charge is -2.09. The molecule has 1 aromatic rings. The van der Waals surface area contributed by atoms with Crippen LogP contribution in [0.4, 0.5) is 0 Å². The summed E-state index contributed by atoms with van der Waals surface area (Å²) in [5, 5.41) is 9.75. The van der Waals surface area contributed by atoms with E-state index < -0.39 is 15.7 Å². The van der Waals surface area contributed by atoms with Crippen molar-refractivity contribution in [3.8, 4) is 0 Å². The second kappa shape index (κ2) is 4.93. The highest BCUT2D eigenvalue weighted by atomic mass is 28.2. The number of carboxylic acids is 1. The van der Waals surface area contributed by atoms with Crippen molar-refractivity contribution < 1.29 is 14.3 Å². The number of aromatic carboxylic acids is 1. The van der Waals surface area contributed by atoms with Crippen LogP contribution < -0.4 is 5.19 Å². The maximum Gasteiger partial charge on any atom is 0.335 e. The molecule has 0 spiro atoms. The Bertz CT molecular complexity index is 323. The van der Waals surface area contributed by atoms with Gasteiger partial charge in [-0.05, 0) is 25.1 Å². The van der Waals surface area contributed by atoms with Crippen molar-refractivity contribution in [1.29, 1.82) is 0 Å². The number of carbonyl (C=O) groups is 1. The molecule has 4 heteroatoms. The maximum absolute atomic E-state index is 10.8. The first kappa shape index (κ1) is 10.9. The molecule has 0 amide bonds. The third-order valence-corrected chi connectivity index (χ3v) is 3.58. The molecule has 3 nitrogen and oxygen atoms in total. The number of benzene rings is 1. The molecule has 0 saturated carbocycles. The molecule has 0 aliphatic carbocycles. The van der Waals surface area contributed by atoms with Crippen molar-refractivity contribution in [3.05, 3.63) is 29.8 Å². The van der Waals surface area contributed by atoms with Crippen molar-refractivity contribution >= 4 is 20.9 Å². The zero-order valence-corrected chi connectivity index (χ0v) is 9.77. The largest absolute Gasteiger partial charge is 0.478 e. The molecule has 1 N–H and O–H groups in total. The standard InChI is InChI=1S/C10H14O3Si/c1-7(2)13-14-9-6-4-3-5-8(9)10(11)12/h3-7H,14H2,1-2H3,(H,11,12). The van der Waals surface area contributed by atoms with E-state index in [1.54, 1.807) is 12.1 Å². The smallest absolute Gasteiger partial charge is 0.335 e. The zero-order valence-electron chi connectivity index (χ0n) is 8.36. The lowest BCUT2D eigenvalue weighted by atomic mass is 10.2. The minimum absolute atomic E-state index is 0.170. The minimum Gasteiger partial charge on any atom is -0.478 e. The molecule has 1 rings (SSSR count). The fourth-order valence-corrected chi connectivity index (χ4v) is 2.28. The highest BCUT2D eigenvalue weighted by molar-refractivity contribution is 6.49. The van der Waals surface area contributed by atoms with Crippen LogP contribution in [0.1, 0.15) is 24.2 Å². The van der Waals surface area contributed by atoms with Crippen molar-refractivity contribution in [2.45, 2.75) is 20.0 Å². The molecular formula is C10H14O3Si. The van der Waals surface area contributed by atoms with Crippen LogP contribution in [0.3, 0.4) is 0 Å². The Balaban J connectivity index is 2.79. The van der Waals surface area contributed by atoms with Gasteiger partial charge in [0.2, 0.25) is 0 Å². The predicted octanol–water partition coefficient (Wildman–Crippen LogP) is 0.519. The van der Waals surface area contributed by atoms with E-state index in [-0.39, 0.29) is 6.10 Å². The molecule has 0 bridgehead atoms. The summed E-state index contributed by atoms with van der Waals surface area (Å²) in [7, 11) is -0.911. The summed E-state index contributed by atoms with van der Waals surface area (Å²) in [6.07, 6.45) is 0.170. The zero-order chi connectivity index (χ0) is 10.6. The number of hydrogen-bond donors (Lipinski definition) is 1. The summed E-state index contributed by atoms with van der Waals surface area (Å²) in [4.78, 5) is 10.8. The van der Waals surface area contributed by atoms with E-state index in [1.165, 1.54) is 0 Å². The topological polar surface area (TPSA) is 46.5 Å². The molecule has 0 heterocycles. The summed E-state index contributed by atoms with van der Waals surface area (Å²) in [6, 6.07) is 7.03. The predicted molar refractivity (Wildman–Crippen MR) is 57.8 cm³/mol. The fourth-order valence-electron chi connectivity index (χ4n) is 1.11. The first-order chi connectivity index (χ1) is 6.61. The van der Waals surface area contributed by atoms with E-state index in [4.69, 9.17) is 9.53 Å². The van der Waals surface area contributed by atoms with Gasteiger partial charge in [-0.25, -0.2) is 4.79 Å². The third kappa shape index (κ3) is 2.97. The Morgan fingerprint density at radius 1 is 1.43 bits per heavy atom. The highest BCUT2D eigenvalue weighted by Gasteiger charge is 2.09. The summed E-state index contributed by atoms with van der Waals surface area (Å²) >= 11 is 0. The summed E-state index contributed by atoms with van der Waals surface area (Å²) in [6.45, 7) is 3.91. The van der Waals surface area contributed by atoms with E-state index >= 15 is 0 Å². The van der Waals surface area contributed by atoms with Crippen LogP contribution >= 0.6 is 0 Å². The first-order valence-electron chi connectivity index (χ1n) is 4.54. The van der Waals surface area contributed by atoms with Crippen LogP contribution in [-0.2, 0) is 4.43 Å². The van der Waals surface area contributed by atoms with Gasteiger partial charge in [-0.3, -0.25) is 0 Å². The van der Waals surface area contributed by atoms with Gasteiger partial charge in [-0.15, -0.1) is 0 Å². The number of carboxylic acid groups (broad SMARTS) is 1. The lowest BCUT2D eigenvalue weighted by Crippen LogP contribution is -2.26. The molecule has 0 unspecified atom stereocenters. The van der Waals surface area contributed by atoms with E-state index in [0.717, 1.165) is 5.19 Å². The van der Waals surface area contributed by atoms with E-state index in [0.29, 0.717) is 5.56 Å². The number of hydrogen-bond acceptors (Lipinski definition) is 2. The van der Waals surface area contributed by atoms with Crippen LogP contribution in [0.5, 0.6) is 0 Å². The fraction of sp³-hybridized carbons (Fsp3) is 0.300. The average Bonchev–Trinajstić information content (AvgIpc) is 2.15. The van der Waals surface area contributed by atoms with E-state index in [1.807, 2.05) is 26.0 Å². The molecule has 0 aliphatic rings. The molecule has 0 aliphatic heterocycles. The monoisotopic (exact) mass is 210 g/mol. The molecule has 0 saturated heterocycles. The molecule has 0 radical (unpaired) electrons. The lowest BCUT2D eigenvalue weighted by molar-refractivity contribution is 0.0698. The van der Waals surface area contributed by atoms with Crippen LogP contribution in [-0.4, -0.2) is 26.9 Å². The molecule has 0 atom stereocenters. The third-order valence-electron chi connectivity index (χ3n) is 1.82. The normalized spacial score (nSPS) is 11.4. The molecule has 14 heavy (non-hydrogen) atoms. The Hall–Kier alpha value is -1.13. The van der Waals surface area contributed by atoms with Crippen LogP contribution in [0.2, 0.25) is 0 Å². The van der Waals surface area contributed by atoms with Crippen molar-refractivity contribution in [2.24, 2.45) is 0 Å². The maximum atomic E-state index is 10.8. The van der Waals surface area contributed by atoms with Gasteiger partial charge in [0.25, 0.3) is 0 Å². The summed E-state index contributed by atoms with van der Waals surface area (Å²) in [5.41, 5.74) is 0.375. The quantitative estimate of drug-likeness (QED) is 0.737. The molecule has 76 valence electrons. The van der Waals surface area contributed by atoms with Gasteiger partial charge < -0.3 is 9.53 Å². The SMILES string of the molecule is CC(C)O[SiH2]c1ccccc1C(=O)O. The first-order valence-corrected chi connectivity index (χ1v) is 5.82.